The number of carboxylic acids is 1. The number of carboxylic acid groups (broad SMARTS) is 1. The molecule has 5 amide bonds. The number of carbonyl (C=O) groups excluding carboxylic acids is 5. The van der Waals surface area contributed by atoms with Crippen molar-refractivity contribution in [3.63, 3.8) is 0 Å². The van der Waals surface area contributed by atoms with Gasteiger partial charge in [-0.1, -0.05) is 79.7 Å². The van der Waals surface area contributed by atoms with Crippen LogP contribution in [0.25, 0.3) is 0 Å². The molecule has 2 rings (SSSR count). The molecule has 0 bridgehead atoms. The highest BCUT2D eigenvalue weighted by atomic mass is 16.4. The molecule has 1 aliphatic heterocycles. The summed E-state index contributed by atoms with van der Waals surface area (Å²) in [6, 6.07) is -4.83. The van der Waals surface area contributed by atoms with E-state index in [9.17, 15) is 33.9 Å². The summed E-state index contributed by atoms with van der Waals surface area (Å²) in [4.78, 5) is 80.3. The number of carbonyl (C=O) groups is 6. The van der Waals surface area contributed by atoms with Crippen LogP contribution in [0.3, 0.4) is 0 Å². The molecule has 1 heterocycles. The molecule has 5 atom stereocenters. The second-order valence-electron chi connectivity index (χ2n) is 13.9. The van der Waals surface area contributed by atoms with Gasteiger partial charge in [-0.05, 0) is 48.9 Å². The van der Waals surface area contributed by atoms with E-state index in [4.69, 9.17) is 0 Å². The summed E-state index contributed by atoms with van der Waals surface area (Å²) in [7, 11) is 0. The number of hydrogen-bond donors (Lipinski definition) is 5. The van der Waals surface area contributed by atoms with Crippen LogP contribution in [0.15, 0.2) is 12.7 Å². The van der Waals surface area contributed by atoms with Crippen molar-refractivity contribution in [1.29, 1.82) is 0 Å². The zero-order valence-electron chi connectivity index (χ0n) is 27.9. The monoisotopic (exact) mass is 633 g/mol. The first-order chi connectivity index (χ1) is 21.1. The molecule has 1 saturated heterocycles. The summed E-state index contributed by atoms with van der Waals surface area (Å²) >= 11 is 0. The summed E-state index contributed by atoms with van der Waals surface area (Å²) in [5.41, 5.74) is -0.773. The fourth-order valence-electron chi connectivity index (χ4n) is 6.19. The van der Waals surface area contributed by atoms with Gasteiger partial charge in [-0.2, -0.15) is 0 Å². The summed E-state index contributed by atoms with van der Waals surface area (Å²) < 4.78 is 0. The highest BCUT2D eigenvalue weighted by molar-refractivity contribution is 6.38. The van der Waals surface area contributed by atoms with Gasteiger partial charge in [-0.3, -0.25) is 19.2 Å². The van der Waals surface area contributed by atoms with Crippen LogP contribution in [0.5, 0.6) is 0 Å². The van der Waals surface area contributed by atoms with Gasteiger partial charge in [0.25, 0.3) is 5.91 Å². The average molecular weight is 634 g/mol. The number of aliphatic carboxylic acids is 1. The molecule has 2 fully saturated rings. The molecule has 0 aromatic carbocycles. The number of hydrogen-bond acceptors (Lipinski definition) is 6. The van der Waals surface area contributed by atoms with Gasteiger partial charge in [0.05, 0.1) is 6.04 Å². The van der Waals surface area contributed by atoms with Crippen LogP contribution in [0, 0.1) is 23.2 Å². The Labute approximate surface area is 267 Å². The first kappa shape index (κ1) is 37.7. The Kier molecular flexibility index (Phi) is 14.5. The normalized spacial score (nSPS) is 20.9. The molecule has 1 unspecified atom stereocenters. The van der Waals surface area contributed by atoms with Gasteiger partial charge >= 0.3 is 12.0 Å². The lowest BCUT2D eigenvalue weighted by Gasteiger charge is -2.35. The molecule has 12 heteroatoms. The van der Waals surface area contributed by atoms with Crippen molar-refractivity contribution in [2.45, 2.75) is 123 Å². The van der Waals surface area contributed by atoms with Crippen molar-refractivity contribution in [2.75, 3.05) is 13.1 Å². The minimum absolute atomic E-state index is 0.00324. The van der Waals surface area contributed by atoms with Gasteiger partial charge in [0, 0.05) is 13.1 Å². The van der Waals surface area contributed by atoms with Crippen molar-refractivity contribution in [3.8, 4) is 0 Å². The fraction of sp³-hybridized carbons (Fsp3) is 0.758. The molecule has 1 aliphatic carbocycles. The highest BCUT2D eigenvalue weighted by Gasteiger charge is 2.45. The number of likely N-dealkylation sites (tertiary alicyclic amines) is 1. The molecule has 254 valence electrons. The Bertz CT molecular complexity index is 1080. The van der Waals surface area contributed by atoms with Crippen LogP contribution in [-0.2, 0) is 24.0 Å². The van der Waals surface area contributed by atoms with Gasteiger partial charge < -0.3 is 31.3 Å². The number of unbranched alkanes of at least 4 members (excludes halogenated alkanes) is 1. The van der Waals surface area contributed by atoms with Crippen LogP contribution in [0.2, 0.25) is 0 Å². The standard InChI is InChI=1S/C33H55N5O7/c1-8-10-16-23(26(39)29(41)34-17-9-2)35-28(40)24-18-22(20(3)4)19-38(24)30(42)25(21-14-12-11-13-15-21)36-32(45)37-27(31(43)44)33(5,6)7/h9,20-25,27H,2,8,10-19H2,1,3-7H3,(H,34,41)(H,35,40)(H,43,44)(H2,36,37,45)/t22-,23?,24+,25+,27-/m1/s1. The maximum atomic E-state index is 14.3. The third-order valence-electron chi connectivity index (χ3n) is 9.03. The van der Waals surface area contributed by atoms with Gasteiger partial charge in [0.1, 0.15) is 18.1 Å². The van der Waals surface area contributed by atoms with Crippen LogP contribution in [0.1, 0.15) is 99.3 Å². The van der Waals surface area contributed by atoms with E-state index in [1.54, 1.807) is 20.8 Å². The molecule has 1 saturated carbocycles. The molecule has 0 aromatic rings. The van der Waals surface area contributed by atoms with E-state index in [0.29, 0.717) is 32.2 Å². The summed E-state index contributed by atoms with van der Waals surface area (Å²) in [5.74, 6) is -3.66. The quantitative estimate of drug-likeness (QED) is 0.136. The van der Waals surface area contributed by atoms with Crippen LogP contribution in [-0.4, -0.2) is 82.8 Å². The van der Waals surface area contributed by atoms with E-state index in [2.05, 4.69) is 27.8 Å². The number of amides is 5. The van der Waals surface area contributed by atoms with E-state index in [0.717, 1.165) is 25.7 Å². The van der Waals surface area contributed by atoms with Crippen molar-refractivity contribution < 1.29 is 33.9 Å². The third kappa shape index (κ3) is 10.8. The van der Waals surface area contributed by atoms with Crippen molar-refractivity contribution >= 4 is 35.5 Å². The van der Waals surface area contributed by atoms with Crippen molar-refractivity contribution in [2.24, 2.45) is 23.2 Å². The van der Waals surface area contributed by atoms with Crippen LogP contribution >= 0.6 is 0 Å². The number of nitrogens with zero attached hydrogens (tertiary/aromatic N) is 1. The minimum Gasteiger partial charge on any atom is -0.480 e. The molecule has 0 aromatic heterocycles. The predicted molar refractivity (Wildman–Crippen MR) is 171 cm³/mol. The lowest BCUT2D eigenvalue weighted by atomic mass is 9.83. The Balaban J connectivity index is 2.36. The zero-order valence-corrected chi connectivity index (χ0v) is 27.9. The lowest BCUT2D eigenvalue weighted by Crippen LogP contribution is -2.60. The molecule has 2 aliphatic rings. The first-order valence-electron chi connectivity index (χ1n) is 16.5. The Hall–Kier alpha value is -3.44. The Morgan fingerprint density at radius 1 is 0.978 bits per heavy atom. The highest BCUT2D eigenvalue weighted by Crippen LogP contribution is 2.33. The number of urea groups is 1. The van der Waals surface area contributed by atoms with Gasteiger partial charge in [0.15, 0.2) is 0 Å². The van der Waals surface area contributed by atoms with Crippen molar-refractivity contribution in [1.82, 2.24) is 26.2 Å². The maximum Gasteiger partial charge on any atom is 0.326 e. The minimum atomic E-state index is -1.18. The Morgan fingerprint density at radius 3 is 2.16 bits per heavy atom. The SMILES string of the molecule is C=CCNC(=O)C(=O)C(CCCC)NC(=O)[C@@H]1C[C@@H](C(C)C)CN1C(=O)[C@@H](NC(=O)N[C@H](C(=O)O)C(C)(C)C)C1CCCCC1. The molecule has 0 radical (unpaired) electrons. The number of Topliss-reactive ketones (excluding diaryl/α,β-unsaturated/α-hetero) is 1. The lowest BCUT2D eigenvalue weighted by molar-refractivity contribution is -0.143. The Morgan fingerprint density at radius 2 is 1.62 bits per heavy atom. The fourth-order valence-corrected chi connectivity index (χ4v) is 6.19. The zero-order chi connectivity index (χ0) is 33.9. The first-order valence-corrected chi connectivity index (χ1v) is 16.5. The van der Waals surface area contributed by atoms with Crippen LogP contribution < -0.4 is 21.3 Å². The maximum absolute atomic E-state index is 14.3. The van der Waals surface area contributed by atoms with E-state index in [-0.39, 0.29) is 30.7 Å². The number of rotatable bonds is 15. The van der Waals surface area contributed by atoms with Crippen LogP contribution in [0.4, 0.5) is 4.79 Å². The van der Waals surface area contributed by atoms with E-state index >= 15 is 0 Å². The van der Waals surface area contributed by atoms with Crippen molar-refractivity contribution in [3.05, 3.63) is 12.7 Å². The molecular formula is C33H55N5O7. The van der Waals surface area contributed by atoms with E-state index in [1.165, 1.54) is 11.0 Å². The van der Waals surface area contributed by atoms with Gasteiger partial charge in [-0.25, -0.2) is 9.59 Å². The topological polar surface area (TPSA) is 174 Å². The summed E-state index contributed by atoms with van der Waals surface area (Å²) in [5, 5.41) is 20.3. The van der Waals surface area contributed by atoms with Gasteiger partial charge in [0.2, 0.25) is 17.6 Å². The molecule has 0 spiro atoms. The average Bonchev–Trinajstić information content (AvgIpc) is 3.44. The van der Waals surface area contributed by atoms with Gasteiger partial charge in [-0.15, -0.1) is 6.58 Å². The molecule has 45 heavy (non-hydrogen) atoms. The second-order valence-corrected chi connectivity index (χ2v) is 13.9. The smallest absolute Gasteiger partial charge is 0.326 e. The number of ketones is 1. The molecule has 5 N–H and O–H groups in total. The number of nitrogens with one attached hydrogen (secondary N) is 4. The second kappa shape index (κ2) is 17.3. The predicted octanol–water partition coefficient (Wildman–Crippen LogP) is 3.15. The van der Waals surface area contributed by atoms with E-state index in [1.807, 2.05) is 20.8 Å². The summed E-state index contributed by atoms with van der Waals surface area (Å²) in [6.45, 7) is 15.1. The molecule has 12 nitrogen and oxygen atoms in total. The largest absolute Gasteiger partial charge is 0.480 e. The molecular weight excluding hydrogens is 578 g/mol. The third-order valence-corrected chi connectivity index (χ3v) is 9.03. The van der Waals surface area contributed by atoms with E-state index < -0.39 is 65.1 Å². The summed E-state index contributed by atoms with van der Waals surface area (Å²) in [6.07, 6.45) is 7.72.